The van der Waals surface area contributed by atoms with Gasteiger partial charge < -0.3 is 34.7 Å². The molecule has 0 N–H and O–H groups in total. The van der Waals surface area contributed by atoms with Crippen molar-refractivity contribution < 1.29 is 54.5 Å². The molecular formula is C31H41BrClNO8Zn. The van der Waals surface area contributed by atoms with Crippen LogP contribution in [0.25, 0.3) is 0 Å². The zero-order valence-electron chi connectivity index (χ0n) is 26.4. The number of nitrogens with zero attached hydrogens (tertiary/aromatic N) is 1. The predicted molar refractivity (Wildman–Crippen MR) is 160 cm³/mol. The summed E-state index contributed by atoms with van der Waals surface area (Å²) in [5.41, 5.74) is -1.89. The molecule has 3 rings (SSSR count). The first-order chi connectivity index (χ1) is 19.8. The summed E-state index contributed by atoms with van der Waals surface area (Å²) in [4.78, 5) is 53.6. The van der Waals surface area contributed by atoms with Gasteiger partial charge in [-0.15, -0.1) is 0 Å². The summed E-state index contributed by atoms with van der Waals surface area (Å²) in [6.45, 7) is 15.2. The van der Waals surface area contributed by atoms with Crippen LogP contribution in [0.5, 0.6) is 0 Å². The van der Waals surface area contributed by atoms with E-state index in [1.807, 2.05) is 0 Å². The molecule has 1 saturated heterocycles. The molecule has 12 heteroatoms. The molecule has 0 aromatic heterocycles. The second kappa shape index (κ2) is 15.0. The van der Waals surface area contributed by atoms with Gasteiger partial charge in [0.05, 0.1) is 28.9 Å². The van der Waals surface area contributed by atoms with Gasteiger partial charge in [-0.05, 0) is 85.8 Å². The molecule has 2 aliphatic heterocycles. The monoisotopic (exact) mass is 733 g/mol. The Bertz CT molecular complexity index is 1190. The van der Waals surface area contributed by atoms with E-state index >= 15 is 0 Å². The first-order valence-electron chi connectivity index (χ1n) is 14.0. The van der Waals surface area contributed by atoms with Gasteiger partial charge in [-0.1, -0.05) is 23.7 Å². The number of esters is 3. The van der Waals surface area contributed by atoms with Crippen molar-refractivity contribution in [1.82, 2.24) is 4.90 Å². The summed E-state index contributed by atoms with van der Waals surface area (Å²) < 4.78 is 24.1. The molecule has 0 unspecified atom stereocenters. The maximum absolute atomic E-state index is 13.3. The fourth-order valence-electron chi connectivity index (χ4n) is 4.10. The van der Waals surface area contributed by atoms with Crippen molar-refractivity contribution in [3.8, 4) is 0 Å². The van der Waals surface area contributed by atoms with Crippen LogP contribution in [0.2, 0.25) is 5.02 Å². The second-order valence-electron chi connectivity index (χ2n) is 13.6. The minimum absolute atomic E-state index is 0.0762. The summed E-state index contributed by atoms with van der Waals surface area (Å²) in [5, 5.41) is 0.535. The summed E-state index contributed by atoms with van der Waals surface area (Å²) in [6, 6.07) is 6.52. The molecule has 1 aromatic rings. The van der Waals surface area contributed by atoms with Crippen molar-refractivity contribution in [2.75, 3.05) is 6.61 Å². The van der Waals surface area contributed by atoms with Crippen LogP contribution in [-0.4, -0.2) is 59.7 Å². The zero-order chi connectivity index (χ0) is 32.9. The van der Waals surface area contributed by atoms with Crippen LogP contribution in [-0.2, 0) is 54.5 Å². The molecule has 0 bridgehead atoms. The number of benzene rings is 1. The first-order valence-corrected chi connectivity index (χ1v) is 21.3. The van der Waals surface area contributed by atoms with E-state index in [4.69, 9.17) is 30.5 Å². The van der Waals surface area contributed by atoms with E-state index in [-0.39, 0.29) is 18.8 Å². The van der Waals surface area contributed by atoms with Gasteiger partial charge >= 0.3 is 47.9 Å². The molecule has 5 atom stereocenters. The number of allylic oxidation sites excluding steroid dienone is 1. The number of rotatable bonds is 5. The minimum atomic E-state index is -1.22. The number of ketones is 1. The van der Waals surface area contributed by atoms with Gasteiger partial charge in [0, 0.05) is 11.4 Å². The average molecular weight is 736 g/mol. The Morgan fingerprint density at radius 2 is 1.33 bits per heavy atom. The van der Waals surface area contributed by atoms with Crippen molar-refractivity contribution in [3.63, 3.8) is 0 Å². The molecule has 1 aromatic carbocycles. The molecule has 1 fully saturated rings. The third-order valence-corrected chi connectivity index (χ3v) is 6.90. The first kappa shape index (κ1) is 37.4. The topological polar surface area (TPSA) is 108 Å². The molecule has 2 aliphatic rings. The van der Waals surface area contributed by atoms with Crippen LogP contribution in [0.1, 0.15) is 80.3 Å². The van der Waals surface area contributed by atoms with Crippen LogP contribution in [0.3, 0.4) is 0 Å². The van der Waals surface area contributed by atoms with E-state index in [1.54, 1.807) is 91.5 Å². The molecule has 0 amide bonds. The summed E-state index contributed by atoms with van der Waals surface area (Å²) in [6.07, 6.45) is -0.233. The second-order valence-corrected chi connectivity index (χ2v) is 14.0. The van der Waals surface area contributed by atoms with Crippen molar-refractivity contribution >= 4 is 48.9 Å². The molecular weight excluding hydrogens is 695 g/mol. The van der Waals surface area contributed by atoms with Crippen LogP contribution < -0.4 is 0 Å². The number of carbonyl (C=O) groups excluding carboxylic acids is 4. The van der Waals surface area contributed by atoms with Gasteiger partial charge in [-0.25, -0.2) is 0 Å². The number of hydrogen-bond donors (Lipinski definition) is 0. The fraction of sp³-hybridized carbons (Fsp3) is 0.613. The van der Waals surface area contributed by atoms with Crippen molar-refractivity contribution in [3.05, 3.63) is 47.1 Å². The van der Waals surface area contributed by atoms with Crippen molar-refractivity contribution in [2.45, 2.75) is 99.3 Å². The van der Waals surface area contributed by atoms with Crippen LogP contribution in [0, 0.1) is 22.3 Å². The average Bonchev–Trinajstić information content (AvgIpc) is 2.90. The summed E-state index contributed by atoms with van der Waals surface area (Å²) in [7, 11) is 0. The molecule has 0 saturated carbocycles. The maximum atomic E-state index is 13.3. The van der Waals surface area contributed by atoms with E-state index in [2.05, 4.69) is 19.7 Å². The molecule has 234 valence electrons. The normalized spacial score (nSPS) is 24.4. The fourth-order valence-corrected chi connectivity index (χ4v) is 4.23. The molecule has 0 radical (unpaired) electrons. The molecule has 0 spiro atoms. The van der Waals surface area contributed by atoms with E-state index in [9.17, 15) is 19.2 Å². The Morgan fingerprint density at radius 3 is 1.81 bits per heavy atom. The number of halogens is 2. The van der Waals surface area contributed by atoms with Crippen LogP contribution in [0.15, 0.2) is 30.5 Å². The summed E-state index contributed by atoms with van der Waals surface area (Å²) >= 11 is 10.4. The van der Waals surface area contributed by atoms with Crippen molar-refractivity contribution in [2.24, 2.45) is 16.2 Å². The molecule has 9 nitrogen and oxygen atoms in total. The van der Waals surface area contributed by atoms with Crippen LogP contribution in [0.4, 0.5) is 0 Å². The Hall–Kier alpha value is -1.81. The molecule has 43 heavy (non-hydrogen) atoms. The number of ether oxygens (including phenoxy) is 4. The Labute approximate surface area is 276 Å². The van der Waals surface area contributed by atoms with Gasteiger partial charge in [-0.2, -0.15) is 6.20 Å². The van der Waals surface area contributed by atoms with Gasteiger partial charge in [0.25, 0.3) is 0 Å². The predicted octanol–water partition coefficient (Wildman–Crippen LogP) is 6.05. The summed E-state index contributed by atoms with van der Waals surface area (Å²) in [5.74, 6) is -1.88. The quantitative estimate of drug-likeness (QED) is 0.155. The number of carbonyl (C=O) groups is 4. The standard InChI is InChI=1S/C31H41ClNO8.BrH.Zn/c1-29(2,3)26(35)39-22-17-38-25(33-15-14-20(34)16-21(33)18-10-12-19(32)13-11-18)24(41-28(37)31(7,8)9)23(22)40-27(36)30(4,5)6;;/h10-13,15,21-25H,16-17H2,1-9H3;1H;/q-1;;+2/p-1/t21-,22-,23-,24+,25+;;/m1../s1. The number of Topliss-reactive ketones (excluding diaryl/α,β-unsaturated/α-hetero) is 1. The van der Waals surface area contributed by atoms with E-state index in [0.29, 0.717) is 5.02 Å². The van der Waals surface area contributed by atoms with E-state index in [0.717, 1.165) is 5.56 Å². The van der Waals surface area contributed by atoms with Gasteiger partial charge in [0.2, 0.25) is 0 Å². The van der Waals surface area contributed by atoms with Crippen molar-refractivity contribution in [1.29, 1.82) is 0 Å². The van der Waals surface area contributed by atoms with E-state index < -0.39 is 64.7 Å². The van der Waals surface area contributed by atoms with Gasteiger partial charge in [0.1, 0.15) is 0 Å². The van der Waals surface area contributed by atoms with E-state index in [1.165, 1.54) is 22.5 Å². The SMILES string of the molecule is CC(C)(C)C(=O)O[C@H]1[C@H](OC(=O)C(C)(C)C)[C@@H](N2C=[C-]C(=O)C[C@@H]2c2ccc(Cl)cc2)OC[C@H]1OC(=O)C(C)(C)C.[Zn+][Br]. The molecule has 0 aliphatic carbocycles. The van der Waals surface area contributed by atoms with Gasteiger partial charge in [0.15, 0.2) is 24.5 Å². The third-order valence-electron chi connectivity index (χ3n) is 6.65. The van der Waals surface area contributed by atoms with Gasteiger partial charge in [-0.3, -0.25) is 14.4 Å². The number of hydrogen-bond acceptors (Lipinski definition) is 9. The Kier molecular flexibility index (Phi) is 13.0. The zero-order valence-corrected chi connectivity index (χ0v) is 31.7. The van der Waals surface area contributed by atoms with Crippen LogP contribution >= 0.6 is 25.2 Å². The Balaban J connectivity index is 0.00000316. The Morgan fingerprint density at radius 1 is 0.860 bits per heavy atom. The molecule has 2 heterocycles. The third kappa shape index (κ3) is 10.1.